The topological polar surface area (TPSA) is 55.8 Å². The highest BCUT2D eigenvalue weighted by Gasteiger charge is 2.29. The van der Waals surface area contributed by atoms with Crippen molar-refractivity contribution in [2.75, 3.05) is 23.9 Å². The summed E-state index contributed by atoms with van der Waals surface area (Å²) in [5.74, 6) is 1.32. The van der Waals surface area contributed by atoms with Gasteiger partial charge in [-0.2, -0.15) is 0 Å². The lowest BCUT2D eigenvalue weighted by Crippen LogP contribution is -2.27. The van der Waals surface area contributed by atoms with Crippen LogP contribution in [0.5, 0.6) is 11.5 Å². The minimum atomic E-state index is -3.20. The van der Waals surface area contributed by atoms with Gasteiger partial charge in [-0.05, 0) is 18.1 Å². The number of nitrogens with zero attached hydrogens (tertiary/aromatic N) is 1. The van der Waals surface area contributed by atoms with E-state index in [4.69, 9.17) is 9.47 Å². The smallest absolute Gasteiger partial charge is 0.232 e. The number of hydrogen-bond donors (Lipinski definition) is 0. The third-order valence-corrected chi connectivity index (χ3v) is 4.01. The number of benzene rings is 1. The molecule has 2 heterocycles. The Morgan fingerprint density at radius 1 is 1.25 bits per heavy atom. The highest BCUT2D eigenvalue weighted by atomic mass is 32.2. The van der Waals surface area contributed by atoms with Gasteiger partial charge in [-0.15, -0.1) is 0 Å². The number of anilines is 1. The molecule has 0 unspecified atom stereocenters. The van der Waals surface area contributed by atoms with E-state index in [1.165, 1.54) is 10.6 Å². The van der Waals surface area contributed by atoms with Gasteiger partial charge in [-0.1, -0.05) is 0 Å². The van der Waals surface area contributed by atoms with Crippen molar-refractivity contribution in [1.29, 1.82) is 0 Å². The lowest BCUT2D eigenvalue weighted by atomic mass is 10.1. The molecule has 1 aromatic rings. The minimum absolute atomic E-state index is 0.205. The second-order valence-corrected chi connectivity index (χ2v) is 5.83. The molecule has 0 saturated carbocycles. The molecular formula is C10H11NO4S. The van der Waals surface area contributed by atoms with Crippen molar-refractivity contribution in [3.05, 3.63) is 17.7 Å². The highest BCUT2D eigenvalue weighted by Crippen LogP contribution is 2.41. The van der Waals surface area contributed by atoms with Crippen molar-refractivity contribution in [2.45, 2.75) is 6.42 Å². The van der Waals surface area contributed by atoms with Crippen LogP contribution in [0.2, 0.25) is 0 Å². The number of fused-ring (bicyclic) bond motifs is 2. The number of ether oxygens (including phenoxy) is 2. The summed E-state index contributed by atoms with van der Waals surface area (Å²) in [5, 5.41) is 0. The standard InChI is InChI=1S/C10H11NO4S/c1-16(12,13)11-3-2-7-4-9-10(5-8(7)11)15-6-14-9/h4-5H,2-3,6H2,1H3. The largest absolute Gasteiger partial charge is 0.454 e. The molecule has 0 aromatic heterocycles. The number of sulfonamides is 1. The van der Waals surface area contributed by atoms with E-state index in [1.54, 1.807) is 6.07 Å². The van der Waals surface area contributed by atoms with E-state index in [2.05, 4.69) is 0 Å². The Bertz CT molecular complexity index is 552. The van der Waals surface area contributed by atoms with Gasteiger partial charge >= 0.3 is 0 Å². The third kappa shape index (κ3) is 1.33. The predicted molar refractivity (Wildman–Crippen MR) is 58.5 cm³/mol. The molecule has 16 heavy (non-hydrogen) atoms. The van der Waals surface area contributed by atoms with Crippen molar-refractivity contribution in [3.8, 4) is 11.5 Å². The SMILES string of the molecule is CS(=O)(=O)N1CCc2cc3c(cc21)OCO3. The lowest BCUT2D eigenvalue weighted by molar-refractivity contribution is 0.174. The fourth-order valence-corrected chi connectivity index (χ4v) is 3.04. The fraction of sp³-hybridized carbons (Fsp3) is 0.400. The van der Waals surface area contributed by atoms with E-state index >= 15 is 0 Å². The van der Waals surface area contributed by atoms with Gasteiger partial charge in [-0.25, -0.2) is 8.42 Å². The summed E-state index contributed by atoms with van der Waals surface area (Å²) in [4.78, 5) is 0. The second-order valence-electron chi connectivity index (χ2n) is 3.92. The summed E-state index contributed by atoms with van der Waals surface area (Å²) in [5.41, 5.74) is 1.71. The predicted octanol–water partition coefficient (Wildman–Crippen LogP) is 0.737. The van der Waals surface area contributed by atoms with Gasteiger partial charge < -0.3 is 9.47 Å². The maximum absolute atomic E-state index is 11.6. The Balaban J connectivity index is 2.13. The molecule has 3 rings (SSSR count). The van der Waals surface area contributed by atoms with Gasteiger partial charge in [-0.3, -0.25) is 4.31 Å². The van der Waals surface area contributed by atoms with Crippen molar-refractivity contribution in [3.63, 3.8) is 0 Å². The van der Waals surface area contributed by atoms with Crippen LogP contribution in [0.15, 0.2) is 12.1 Å². The molecule has 0 fully saturated rings. The van der Waals surface area contributed by atoms with E-state index in [9.17, 15) is 8.42 Å². The summed E-state index contributed by atoms with van der Waals surface area (Å²) in [6.07, 6.45) is 1.94. The molecule has 0 spiro atoms. The van der Waals surface area contributed by atoms with Crippen LogP contribution in [0.1, 0.15) is 5.56 Å². The summed E-state index contributed by atoms with van der Waals surface area (Å²) >= 11 is 0. The molecule has 0 bridgehead atoms. The Kier molecular flexibility index (Phi) is 1.85. The van der Waals surface area contributed by atoms with Crippen LogP contribution in [0.3, 0.4) is 0 Å². The summed E-state index contributed by atoms with van der Waals surface area (Å²) < 4.78 is 35.0. The first-order valence-corrected chi connectivity index (χ1v) is 6.81. The Morgan fingerprint density at radius 3 is 2.62 bits per heavy atom. The Labute approximate surface area is 93.6 Å². The molecule has 1 aromatic carbocycles. The molecule has 0 radical (unpaired) electrons. The summed E-state index contributed by atoms with van der Waals surface area (Å²) in [6, 6.07) is 3.61. The molecule has 2 aliphatic rings. The zero-order valence-corrected chi connectivity index (χ0v) is 9.58. The molecule has 0 amide bonds. The Hall–Kier alpha value is -1.43. The highest BCUT2D eigenvalue weighted by molar-refractivity contribution is 7.92. The van der Waals surface area contributed by atoms with Crippen LogP contribution in [-0.4, -0.2) is 28.0 Å². The average Bonchev–Trinajstić information content (AvgIpc) is 2.76. The number of hydrogen-bond acceptors (Lipinski definition) is 4. The second kappa shape index (κ2) is 3.04. The van der Waals surface area contributed by atoms with Crippen LogP contribution >= 0.6 is 0 Å². The quantitative estimate of drug-likeness (QED) is 0.727. The lowest BCUT2D eigenvalue weighted by Gasteiger charge is -2.16. The van der Waals surface area contributed by atoms with Crippen LogP contribution in [0.25, 0.3) is 0 Å². The van der Waals surface area contributed by atoms with Crippen LogP contribution in [0, 0.1) is 0 Å². The zero-order valence-electron chi connectivity index (χ0n) is 8.76. The Morgan fingerprint density at radius 2 is 1.94 bits per heavy atom. The number of rotatable bonds is 1. The van der Waals surface area contributed by atoms with Gasteiger partial charge in [0.25, 0.3) is 0 Å². The fourth-order valence-electron chi connectivity index (χ4n) is 2.09. The molecule has 5 nitrogen and oxygen atoms in total. The molecule has 0 aliphatic carbocycles. The van der Waals surface area contributed by atoms with E-state index in [-0.39, 0.29) is 6.79 Å². The van der Waals surface area contributed by atoms with Crippen LogP contribution in [-0.2, 0) is 16.4 Å². The third-order valence-electron chi connectivity index (χ3n) is 2.83. The maximum Gasteiger partial charge on any atom is 0.232 e. The van der Waals surface area contributed by atoms with Crippen LogP contribution < -0.4 is 13.8 Å². The maximum atomic E-state index is 11.6. The van der Waals surface area contributed by atoms with Crippen molar-refractivity contribution < 1.29 is 17.9 Å². The first-order valence-electron chi connectivity index (χ1n) is 4.96. The van der Waals surface area contributed by atoms with Gasteiger partial charge in [0, 0.05) is 12.6 Å². The van der Waals surface area contributed by atoms with E-state index < -0.39 is 10.0 Å². The minimum Gasteiger partial charge on any atom is -0.454 e. The van der Waals surface area contributed by atoms with E-state index in [0.717, 1.165) is 12.0 Å². The molecule has 86 valence electrons. The molecule has 0 saturated heterocycles. The zero-order chi connectivity index (χ0) is 11.3. The first kappa shape index (κ1) is 9.77. The monoisotopic (exact) mass is 241 g/mol. The summed E-state index contributed by atoms with van der Waals surface area (Å²) in [7, 11) is -3.20. The van der Waals surface area contributed by atoms with Crippen molar-refractivity contribution in [1.82, 2.24) is 0 Å². The first-order chi connectivity index (χ1) is 7.55. The molecule has 0 atom stereocenters. The van der Waals surface area contributed by atoms with Gasteiger partial charge in [0.15, 0.2) is 11.5 Å². The molecular weight excluding hydrogens is 230 g/mol. The van der Waals surface area contributed by atoms with Crippen LogP contribution in [0.4, 0.5) is 5.69 Å². The molecule has 6 heteroatoms. The van der Waals surface area contributed by atoms with Gasteiger partial charge in [0.1, 0.15) is 0 Å². The summed E-state index contributed by atoms with van der Waals surface area (Å²) in [6.45, 7) is 0.703. The molecule has 0 N–H and O–H groups in total. The van der Waals surface area contributed by atoms with Crippen molar-refractivity contribution >= 4 is 15.7 Å². The van der Waals surface area contributed by atoms with Gasteiger partial charge in [0.05, 0.1) is 11.9 Å². The van der Waals surface area contributed by atoms with Crippen molar-refractivity contribution in [2.24, 2.45) is 0 Å². The van der Waals surface area contributed by atoms with E-state index in [1.807, 2.05) is 6.07 Å². The van der Waals surface area contributed by atoms with Gasteiger partial charge in [0.2, 0.25) is 16.8 Å². The van der Waals surface area contributed by atoms with E-state index in [0.29, 0.717) is 23.7 Å². The molecule has 2 aliphatic heterocycles. The average molecular weight is 241 g/mol. The normalized spacial score (nSPS) is 17.7.